The van der Waals surface area contributed by atoms with Gasteiger partial charge in [0.15, 0.2) is 0 Å². The van der Waals surface area contributed by atoms with Gasteiger partial charge in [0.05, 0.1) is 7.11 Å². The zero-order chi connectivity index (χ0) is 14.5. The lowest BCUT2D eigenvalue weighted by Gasteiger charge is -2.36. The van der Waals surface area contributed by atoms with E-state index in [4.69, 9.17) is 4.74 Å². The lowest BCUT2D eigenvalue weighted by atomic mass is 9.99. The monoisotopic (exact) mass is 315 g/mol. The van der Waals surface area contributed by atoms with Gasteiger partial charge in [0.25, 0.3) is 0 Å². The van der Waals surface area contributed by atoms with E-state index in [0.29, 0.717) is 10.5 Å². The Bertz CT molecular complexity index is 444. The van der Waals surface area contributed by atoms with Crippen LogP contribution in [0.5, 0.6) is 5.75 Å². The first-order chi connectivity index (χ1) is 9.71. The molecule has 3 unspecified atom stereocenters. The molecule has 1 aromatic carbocycles. The van der Waals surface area contributed by atoms with Crippen LogP contribution in [0.4, 0.5) is 4.39 Å². The molecule has 1 aliphatic heterocycles. The van der Waals surface area contributed by atoms with Gasteiger partial charge in [-0.1, -0.05) is 6.92 Å². The van der Waals surface area contributed by atoms with E-state index in [0.717, 1.165) is 23.5 Å². The summed E-state index contributed by atoms with van der Waals surface area (Å²) in [6, 6.07) is 4.89. The summed E-state index contributed by atoms with van der Waals surface area (Å²) >= 11 is 4.02. The van der Waals surface area contributed by atoms with Crippen molar-refractivity contribution in [3.8, 4) is 5.75 Å². The quantitative estimate of drug-likeness (QED) is 0.893. The van der Waals surface area contributed by atoms with Gasteiger partial charge in [0.1, 0.15) is 11.6 Å². The van der Waals surface area contributed by atoms with Gasteiger partial charge < -0.3 is 10.1 Å². The van der Waals surface area contributed by atoms with Crippen LogP contribution in [0.2, 0.25) is 0 Å². The first kappa shape index (κ1) is 16.0. The van der Waals surface area contributed by atoms with E-state index in [9.17, 15) is 4.39 Å². The molecule has 1 saturated heterocycles. The number of benzene rings is 1. The van der Waals surface area contributed by atoms with Crippen LogP contribution in [0.3, 0.4) is 0 Å². The van der Waals surface area contributed by atoms with Crippen LogP contribution in [0.1, 0.15) is 24.9 Å². The maximum Gasteiger partial charge on any atom is 0.123 e. The van der Waals surface area contributed by atoms with Crippen molar-refractivity contribution in [2.75, 3.05) is 25.7 Å². The molecule has 0 radical (unpaired) electrons. The molecular formula is C15H22FNOS2. The van der Waals surface area contributed by atoms with Crippen molar-refractivity contribution >= 4 is 23.5 Å². The van der Waals surface area contributed by atoms with Gasteiger partial charge in [-0.25, -0.2) is 4.39 Å². The van der Waals surface area contributed by atoms with Crippen LogP contribution in [-0.4, -0.2) is 36.2 Å². The standard InChI is InChI=1S/C15H22FNOS2/c1-4-13-15(20-8-7-19-13)14(17-2)11-9-10(16)5-6-12(11)18-3/h5-6,9,13-15,17H,4,7-8H2,1-3H3. The third kappa shape index (κ3) is 3.43. The van der Waals surface area contributed by atoms with Crippen molar-refractivity contribution in [3.05, 3.63) is 29.6 Å². The zero-order valence-electron chi connectivity index (χ0n) is 12.2. The number of hydrogen-bond acceptors (Lipinski definition) is 4. The average Bonchev–Trinajstić information content (AvgIpc) is 2.49. The minimum absolute atomic E-state index is 0.114. The van der Waals surface area contributed by atoms with E-state index in [-0.39, 0.29) is 11.9 Å². The van der Waals surface area contributed by atoms with Crippen LogP contribution >= 0.6 is 23.5 Å². The molecule has 1 aromatic rings. The Morgan fingerprint density at radius 2 is 2.15 bits per heavy atom. The molecule has 1 N–H and O–H groups in total. The molecular weight excluding hydrogens is 293 g/mol. The number of ether oxygens (including phenoxy) is 1. The van der Waals surface area contributed by atoms with Gasteiger partial charge in [-0.15, -0.1) is 0 Å². The number of rotatable bonds is 5. The number of methoxy groups -OCH3 is 1. The molecule has 0 bridgehead atoms. The van der Waals surface area contributed by atoms with E-state index < -0.39 is 0 Å². The fourth-order valence-electron chi connectivity index (χ4n) is 2.69. The summed E-state index contributed by atoms with van der Waals surface area (Å²) in [5.41, 5.74) is 0.924. The van der Waals surface area contributed by atoms with E-state index in [1.54, 1.807) is 19.2 Å². The number of halogens is 1. The fourth-order valence-corrected chi connectivity index (χ4v) is 5.97. The van der Waals surface area contributed by atoms with Crippen LogP contribution in [0, 0.1) is 5.82 Å². The zero-order valence-corrected chi connectivity index (χ0v) is 13.8. The summed E-state index contributed by atoms with van der Waals surface area (Å²) in [5, 5.41) is 4.41. The fraction of sp³-hybridized carbons (Fsp3) is 0.600. The van der Waals surface area contributed by atoms with Crippen LogP contribution < -0.4 is 10.1 Å². The summed E-state index contributed by atoms with van der Waals surface area (Å²) in [6.45, 7) is 2.23. The van der Waals surface area contributed by atoms with Crippen molar-refractivity contribution in [3.63, 3.8) is 0 Å². The van der Waals surface area contributed by atoms with Gasteiger partial charge in [-0.05, 0) is 31.7 Å². The van der Waals surface area contributed by atoms with Gasteiger partial charge in [0, 0.05) is 33.6 Å². The average molecular weight is 315 g/mol. The third-order valence-electron chi connectivity index (χ3n) is 3.66. The second-order valence-electron chi connectivity index (χ2n) is 4.81. The largest absolute Gasteiger partial charge is 0.496 e. The summed E-state index contributed by atoms with van der Waals surface area (Å²) < 4.78 is 19.1. The van der Waals surface area contributed by atoms with Gasteiger partial charge in [-0.2, -0.15) is 23.5 Å². The van der Waals surface area contributed by atoms with Crippen molar-refractivity contribution < 1.29 is 9.13 Å². The molecule has 5 heteroatoms. The highest BCUT2D eigenvalue weighted by Crippen LogP contribution is 2.42. The number of thioether (sulfide) groups is 2. The normalized spacial score (nSPS) is 24.4. The molecule has 2 rings (SSSR count). The van der Waals surface area contributed by atoms with Gasteiger partial charge >= 0.3 is 0 Å². The highest BCUT2D eigenvalue weighted by Gasteiger charge is 2.33. The Morgan fingerprint density at radius 3 is 2.80 bits per heavy atom. The van der Waals surface area contributed by atoms with Crippen LogP contribution in [-0.2, 0) is 0 Å². The molecule has 3 atom stereocenters. The number of nitrogens with one attached hydrogen (secondary N) is 1. The van der Waals surface area contributed by atoms with E-state index in [1.807, 2.05) is 30.6 Å². The van der Waals surface area contributed by atoms with E-state index in [2.05, 4.69) is 12.2 Å². The Kier molecular flexibility index (Phi) is 6.05. The molecule has 1 fully saturated rings. The predicted octanol–water partition coefficient (Wildman–Crippen LogP) is 3.72. The Labute approximate surface area is 129 Å². The summed E-state index contributed by atoms with van der Waals surface area (Å²) in [6.07, 6.45) is 1.14. The highest BCUT2D eigenvalue weighted by atomic mass is 32.2. The summed E-state index contributed by atoms with van der Waals surface area (Å²) in [4.78, 5) is 0. The van der Waals surface area contributed by atoms with Crippen molar-refractivity contribution in [2.45, 2.75) is 29.9 Å². The smallest absolute Gasteiger partial charge is 0.123 e. The number of hydrogen-bond donors (Lipinski definition) is 1. The third-order valence-corrected chi connectivity index (χ3v) is 7.01. The Balaban J connectivity index is 2.33. The lowest BCUT2D eigenvalue weighted by molar-refractivity contribution is 0.397. The minimum atomic E-state index is -0.206. The molecule has 0 aliphatic carbocycles. The van der Waals surface area contributed by atoms with Crippen molar-refractivity contribution in [1.29, 1.82) is 0 Å². The summed E-state index contributed by atoms with van der Waals surface area (Å²) in [7, 11) is 3.59. The molecule has 1 aliphatic rings. The molecule has 112 valence electrons. The summed E-state index contributed by atoms with van der Waals surface area (Å²) in [5.74, 6) is 2.91. The topological polar surface area (TPSA) is 21.3 Å². The molecule has 20 heavy (non-hydrogen) atoms. The van der Waals surface area contributed by atoms with Gasteiger partial charge in [-0.3, -0.25) is 0 Å². The first-order valence-electron chi connectivity index (χ1n) is 6.95. The SMILES string of the molecule is CCC1SCCSC1C(NC)c1cc(F)ccc1OC. The molecule has 0 aromatic heterocycles. The highest BCUT2D eigenvalue weighted by molar-refractivity contribution is 8.07. The maximum absolute atomic E-state index is 13.6. The second kappa shape index (κ2) is 7.57. The Hall–Kier alpha value is -0.390. The predicted molar refractivity (Wildman–Crippen MR) is 87.5 cm³/mol. The van der Waals surface area contributed by atoms with Crippen LogP contribution in [0.25, 0.3) is 0 Å². The first-order valence-corrected chi connectivity index (χ1v) is 9.05. The molecule has 2 nitrogen and oxygen atoms in total. The maximum atomic E-state index is 13.6. The molecule has 0 amide bonds. The van der Waals surface area contributed by atoms with E-state index >= 15 is 0 Å². The second-order valence-corrected chi connectivity index (χ2v) is 7.44. The Morgan fingerprint density at radius 1 is 1.40 bits per heavy atom. The lowest BCUT2D eigenvalue weighted by Crippen LogP contribution is -2.37. The van der Waals surface area contributed by atoms with E-state index in [1.165, 1.54) is 11.8 Å². The molecule has 0 saturated carbocycles. The minimum Gasteiger partial charge on any atom is -0.496 e. The van der Waals surface area contributed by atoms with Crippen molar-refractivity contribution in [2.24, 2.45) is 0 Å². The van der Waals surface area contributed by atoms with Crippen LogP contribution in [0.15, 0.2) is 18.2 Å². The van der Waals surface area contributed by atoms with Crippen molar-refractivity contribution in [1.82, 2.24) is 5.32 Å². The molecule has 0 spiro atoms. The molecule has 1 heterocycles. The van der Waals surface area contributed by atoms with Gasteiger partial charge in [0.2, 0.25) is 0 Å².